The Balaban J connectivity index is 2.16. The van der Waals surface area contributed by atoms with Crippen LogP contribution >= 0.6 is 0 Å². The van der Waals surface area contributed by atoms with Crippen molar-refractivity contribution in [2.45, 2.75) is 46.1 Å². The molecule has 0 radical (unpaired) electrons. The van der Waals surface area contributed by atoms with Crippen LogP contribution < -0.4 is 5.32 Å². The number of benzene rings is 1. The minimum Gasteiger partial charge on any atom is -0.382 e. The van der Waals surface area contributed by atoms with E-state index in [4.69, 9.17) is 0 Å². The molecule has 1 aromatic carbocycles. The number of hydrogen-bond donors (Lipinski definition) is 1. The third-order valence-corrected chi connectivity index (χ3v) is 4.33. The highest BCUT2D eigenvalue weighted by Crippen LogP contribution is 2.32. The summed E-state index contributed by atoms with van der Waals surface area (Å²) in [4.78, 5) is 10.6. The lowest BCUT2D eigenvalue weighted by Gasteiger charge is -2.35. The predicted octanol–water partition coefficient (Wildman–Crippen LogP) is 4.14. The number of nitro groups is 1. The fourth-order valence-corrected chi connectivity index (χ4v) is 2.95. The third kappa shape index (κ3) is 3.25. The smallest absolute Gasteiger partial charge is 0.271 e. The van der Waals surface area contributed by atoms with Crippen LogP contribution in [0.2, 0.25) is 0 Å². The van der Waals surface area contributed by atoms with Crippen molar-refractivity contribution < 1.29 is 4.92 Å². The number of nitrogens with one attached hydrogen (secondary N) is 1. The normalized spacial score (nSPS) is 27.0. The summed E-state index contributed by atoms with van der Waals surface area (Å²) in [5.41, 5.74) is 1.96. The van der Waals surface area contributed by atoms with Crippen LogP contribution in [0, 0.1) is 28.9 Å². The highest BCUT2D eigenvalue weighted by molar-refractivity contribution is 5.54. The number of nitro benzene ring substituents is 1. The van der Waals surface area contributed by atoms with Gasteiger partial charge < -0.3 is 5.32 Å². The minimum atomic E-state index is -0.328. The number of non-ortho nitro benzene ring substituents is 1. The van der Waals surface area contributed by atoms with Gasteiger partial charge in [-0.15, -0.1) is 0 Å². The van der Waals surface area contributed by atoms with E-state index in [1.54, 1.807) is 12.1 Å². The topological polar surface area (TPSA) is 55.2 Å². The van der Waals surface area contributed by atoms with Crippen molar-refractivity contribution in [2.75, 3.05) is 5.32 Å². The number of hydrogen-bond acceptors (Lipinski definition) is 3. The van der Waals surface area contributed by atoms with Crippen LogP contribution in [-0.2, 0) is 0 Å². The molecule has 0 heterocycles. The maximum atomic E-state index is 10.9. The molecule has 104 valence electrons. The molecule has 1 aliphatic carbocycles. The molecule has 1 saturated carbocycles. The van der Waals surface area contributed by atoms with Gasteiger partial charge in [0.1, 0.15) is 0 Å². The predicted molar refractivity (Wildman–Crippen MR) is 77.4 cm³/mol. The van der Waals surface area contributed by atoms with Gasteiger partial charge in [0.05, 0.1) is 4.92 Å². The highest BCUT2D eigenvalue weighted by Gasteiger charge is 2.27. The highest BCUT2D eigenvalue weighted by atomic mass is 16.6. The average Bonchev–Trinajstić information content (AvgIpc) is 2.34. The molecular weight excluding hydrogens is 240 g/mol. The quantitative estimate of drug-likeness (QED) is 0.658. The molecule has 2 rings (SSSR count). The van der Waals surface area contributed by atoms with Gasteiger partial charge in [-0.1, -0.05) is 26.7 Å². The van der Waals surface area contributed by atoms with Crippen molar-refractivity contribution in [3.05, 3.63) is 33.9 Å². The van der Waals surface area contributed by atoms with E-state index < -0.39 is 0 Å². The Bertz CT molecular complexity index is 473. The van der Waals surface area contributed by atoms with Crippen LogP contribution in [0.15, 0.2) is 18.2 Å². The van der Waals surface area contributed by atoms with Gasteiger partial charge in [0.15, 0.2) is 0 Å². The first-order chi connectivity index (χ1) is 8.97. The summed E-state index contributed by atoms with van der Waals surface area (Å²) < 4.78 is 0. The zero-order valence-corrected chi connectivity index (χ0v) is 11.8. The molecule has 19 heavy (non-hydrogen) atoms. The molecule has 0 spiro atoms. The largest absolute Gasteiger partial charge is 0.382 e. The van der Waals surface area contributed by atoms with Gasteiger partial charge in [0, 0.05) is 23.9 Å². The van der Waals surface area contributed by atoms with Crippen molar-refractivity contribution in [2.24, 2.45) is 11.8 Å². The van der Waals surface area contributed by atoms with E-state index in [9.17, 15) is 10.1 Å². The first-order valence-electron chi connectivity index (χ1n) is 7.00. The van der Waals surface area contributed by atoms with Crippen LogP contribution in [-0.4, -0.2) is 11.0 Å². The van der Waals surface area contributed by atoms with Gasteiger partial charge in [-0.2, -0.15) is 0 Å². The van der Waals surface area contributed by atoms with Gasteiger partial charge in [-0.05, 0) is 36.8 Å². The Morgan fingerprint density at radius 2 is 2.00 bits per heavy atom. The zero-order chi connectivity index (χ0) is 14.0. The Morgan fingerprint density at radius 3 is 2.68 bits per heavy atom. The lowest BCUT2D eigenvalue weighted by atomic mass is 9.78. The van der Waals surface area contributed by atoms with Gasteiger partial charge in [0.25, 0.3) is 5.69 Å². The van der Waals surface area contributed by atoms with E-state index in [0.717, 1.165) is 17.7 Å². The summed E-state index contributed by atoms with van der Waals surface area (Å²) in [6, 6.07) is 5.65. The van der Waals surface area contributed by atoms with E-state index in [1.165, 1.54) is 12.8 Å². The summed E-state index contributed by atoms with van der Waals surface area (Å²) in [7, 11) is 0. The molecule has 0 aliphatic heterocycles. The first kappa shape index (κ1) is 13.8. The third-order valence-electron chi connectivity index (χ3n) is 4.33. The second kappa shape index (κ2) is 5.59. The maximum Gasteiger partial charge on any atom is 0.271 e. The van der Waals surface area contributed by atoms with Crippen LogP contribution in [0.25, 0.3) is 0 Å². The molecule has 0 bridgehead atoms. The van der Waals surface area contributed by atoms with Crippen molar-refractivity contribution in [1.82, 2.24) is 0 Å². The van der Waals surface area contributed by atoms with E-state index >= 15 is 0 Å². The van der Waals surface area contributed by atoms with Gasteiger partial charge in [-0.25, -0.2) is 0 Å². The van der Waals surface area contributed by atoms with Gasteiger partial charge in [0.2, 0.25) is 0 Å². The van der Waals surface area contributed by atoms with Crippen LogP contribution in [0.3, 0.4) is 0 Å². The fraction of sp³-hybridized carbons (Fsp3) is 0.600. The lowest BCUT2D eigenvalue weighted by Crippen LogP contribution is -2.35. The molecule has 3 unspecified atom stereocenters. The van der Waals surface area contributed by atoms with Crippen LogP contribution in [0.4, 0.5) is 11.4 Å². The molecule has 3 atom stereocenters. The molecule has 1 aliphatic rings. The summed E-state index contributed by atoms with van der Waals surface area (Å²) in [5.74, 6) is 1.32. The van der Waals surface area contributed by atoms with E-state index in [1.807, 2.05) is 13.0 Å². The summed E-state index contributed by atoms with van der Waals surface area (Å²) >= 11 is 0. The van der Waals surface area contributed by atoms with E-state index in [2.05, 4.69) is 19.2 Å². The molecule has 0 saturated heterocycles. The number of rotatable bonds is 3. The summed E-state index contributed by atoms with van der Waals surface area (Å²) in [5, 5.41) is 14.4. The molecule has 0 aromatic heterocycles. The molecule has 4 heteroatoms. The van der Waals surface area contributed by atoms with Crippen molar-refractivity contribution in [3.8, 4) is 0 Å². The minimum absolute atomic E-state index is 0.166. The second-order valence-corrected chi connectivity index (χ2v) is 5.83. The Labute approximate surface area is 114 Å². The molecule has 4 nitrogen and oxygen atoms in total. The van der Waals surface area contributed by atoms with Crippen molar-refractivity contribution in [1.29, 1.82) is 0 Å². The summed E-state index contributed by atoms with van der Waals surface area (Å²) in [6.07, 6.45) is 3.66. The number of anilines is 1. The van der Waals surface area contributed by atoms with Crippen LogP contribution in [0.1, 0.15) is 38.7 Å². The zero-order valence-electron chi connectivity index (χ0n) is 11.8. The Morgan fingerprint density at radius 1 is 1.26 bits per heavy atom. The van der Waals surface area contributed by atoms with Crippen LogP contribution in [0.5, 0.6) is 0 Å². The van der Waals surface area contributed by atoms with Gasteiger partial charge >= 0.3 is 0 Å². The van der Waals surface area contributed by atoms with Crippen molar-refractivity contribution in [3.63, 3.8) is 0 Å². The molecule has 1 fully saturated rings. The van der Waals surface area contributed by atoms with Gasteiger partial charge in [-0.3, -0.25) is 10.1 Å². The fourth-order valence-electron chi connectivity index (χ4n) is 2.95. The number of aryl methyl sites for hydroxylation is 1. The standard InChI is InChI=1S/C15H22N2O2/c1-10-7-13(9-14(8-10)17(18)19)16-15-6-4-5-11(2)12(15)3/h7-9,11-12,15-16H,4-6H2,1-3H3. The average molecular weight is 262 g/mol. The lowest BCUT2D eigenvalue weighted by molar-refractivity contribution is -0.384. The molecule has 0 amide bonds. The second-order valence-electron chi connectivity index (χ2n) is 5.83. The Hall–Kier alpha value is -1.58. The number of nitrogens with zero attached hydrogens (tertiary/aromatic N) is 1. The van der Waals surface area contributed by atoms with Crippen molar-refractivity contribution >= 4 is 11.4 Å². The van der Waals surface area contributed by atoms with E-state index in [-0.39, 0.29) is 10.6 Å². The van der Waals surface area contributed by atoms with E-state index in [0.29, 0.717) is 17.9 Å². The SMILES string of the molecule is Cc1cc(NC2CCCC(C)C2C)cc([N+](=O)[O-])c1. The molecule has 1 aromatic rings. The maximum absolute atomic E-state index is 10.9. The monoisotopic (exact) mass is 262 g/mol. The Kier molecular flexibility index (Phi) is 4.08. The molecular formula is C15H22N2O2. The molecule has 1 N–H and O–H groups in total. The summed E-state index contributed by atoms with van der Waals surface area (Å²) in [6.45, 7) is 6.45. The first-order valence-corrected chi connectivity index (χ1v) is 7.00.